The van der Waals surface area contributed by atoms with E-state index in [9.17, 15) is 0 Å². The van der Waals surface area contributed by atoms with E-state index in [2.05, 4.69) is 34.9 Å². The summed E-state index contributed by atoms with van der Waals surface area (Å²) in [5, 5.41) is 16.7. The molecular formula is C19H21Br2N3S. The summed E-state index contributed by atoms with van der Waals surface area (Å²) in [5.41, 5.74) is 3.35. The van der Waals surface area contributed by atoms with Gasteiger partial charge in [-0.15, -0.1) is 45.3 Å². The summed E-state index contributed by atoms with van der Waals surface area (Å²) in [7, 11) is 0. The van der Waals surface area contributed by atoms with Crippen LogP contribution in [0.2, 0.25) is 0 Å². The van der Waals surface area contributed by atoms with Crippen molar-refractivity contribution in [1.29, 1.82) is 5.41 Å². The number of benzene rings is 2. The lowest BCUT2D eigenvalue weighted by atomic mass is 10.1. The first-order chi connectivity index (χ1) is 11.3. The van der Waals surface area contributed by atoms with Crippen LogP contribution >= 0.6 is 45.3 Å². The normalized spacial score (nSPS) is 9.44. The fraction of sp³-hybridized carbons (Fsp3) is 0.105. The average molecular weight is 483 g/mol. The number of halogens is 2. The van der Waals surface area contributed by atoms with Crippen LogP contribution in [0.1, 0.15) is 10.4 Å². The summed E-state index contributed by atoms with van der Waals surface area (Å²) in [6.07, 6.45) is 0.941. The maximum Gasteiger partial charge on any atom is 0.140 e. The zero-order chi connectivity index (χ0) is 15.9. The van der Waals surface area contributed by atoms with Gasteiger partial charge in [-0.1, -0.05) is 36.4 Å². The highest BCUT2D eigenvalue weighted by molar-refractivity contribution is 8.93. The first-order valence-electron chi connectivity index (χ1n) is 7.58. The molecule has 3 rings (SSSR count). The molecule has 0 atom stereocenters. The van der Waals surface area contributed by atoms with Gasteiger partial charge in [0.05, 0.1) is 4.88 Å². The number of amidine groups is 1. The minimum absolute atomic E-state index is 0. The van der Waals surface area contributed by atoms with Gasteiger partial charge in [0.2, 0.25) is 0 Å². The van der Waals surface area contributed by atoms with E-state index in [4.69, 9.17) is 5.41 Å². The molecule has 25 heavy (non-hydrogen) atoms. The van der Waals surface area contributed by atoms with Crippen molar-refractivity contribution in [3.63, 3.8) is 0 Å². The van der Waals surface area contributed by atoms with E-state index in [0.29, 0.717) is 5.84 Å². The number of nitrogens with one attached hydrogen (secondary N) is 3. The van der Waals surface area contributed by atoms with E-state index in [1.165, 1.54) is 5.56 Å². The summed E-state index contributed by atoms with van der Waals surface area (Å²) in [5.74, 6) is 0.444. The van der Waals surface area contributed by atoms with Crippen LogP contribution in [0.25, 0.3) is 0 Å². The van der Waals surface area contributed by atoms with Crippen molar-refractivity contribution < 1.29 is 0 Å². The molecule has 0 aliphatic rings. The Labute approximate surface area is 173 Å². The fourth-order valence-corrected chi connectivity index (χ4v) is 2.97. The van der Waals surface area contributed by atoms with Crippen LogP contribution < -0.4 is 10.6 Å². The molecule has 0 fully saturated rings. The zero-order valence-electron chi connectivity index (χ0n) is 13.6. The Morgan fingerprint density at radius 1 is 0.880 bits per heavy atom. The number of rotatable bonds is 6. The molecule has 0 radical (unpaired) electrons. The second kappa shape index (κ2) is 11.1. The van der Waals surface area contributed by atoms with Gasteiger partial charge in [0, 0.05) is 17.9 Å². The number of thiophene rings is 1. The third kappa shape index (κ3) is 6.65. The van der Waals surface area contributed by atoms with E-state index < -0.39 is 0 Å². The van der Waals surface area contributed by atoms with Crippen molar-refractivity contribution in [3.05, 3.63) is 82.6 Å². The van der Waals surface area contributed by atoms with E-state index in [1.807, 2.05) is 47.8 Å². The van der Waals surface area contributed by atoms with Gasteiger partial charge in [0.25, 0.3) is 0 Å². The summed E-state index contributed by atoms with van der Waals surface area (Å²) in [6.45, 7) is 0.885. The summed E-state index contributed by atoms with van der Waals surface area (Å²) >= 11 is 1.57. The third-order valence-corrected chi connectivity index (χ3v) is 4.37. The quantitative estimate of drug-likeness (QED) is 0.298. The molecule has 3 N–H and O–H groups in total. The molecule has 0 saturated heterocycles. The predicted octanol–water partition coefficient (Wildman–Crippen LogP) is 6.00. The van der Waals surface area contributed by atoms with Crippen molar-refractivity contribution in [1.82, 2.24) is 0 Å². The van der Waals surface area contributed by atoms with Gasteiger partial charge in [0.15, 0.2) is 0 Å². The molecule has 2 aromatic carbocycles. The number of para-hydroxylation sites is 1. The van der Waals surface area contributed by atoms with Crippen LogP contribution in [0, 0.1) is 5.41 Å². The molecule has 132 valence electrons. The van der Waals surface area contributed by atoms with E-state index in [1.54, 1.807) is 11.3 Å². The molecule has 6 heteroatoms. The topological polar surface area (TPSA) is 47.9 Å². The van der Waals surface area contributed by atoms with Gasteiger partial charge in [0.1, 0.15) is 5.84 Å². The zero-order valence-corrected chi connectivity index (χ0v) is 17.8. The molecule has 3 aromatic rings. The van der Waals surface area contributed by atoms with Gasteiger partial charge in [-0.3, -0.25) is 5.41 Å². The van der Waals surface area contributed by atoms with Crippen molar-refractivity contribution in [2.24, 2.45) is 0 Å². The molecule has 0 unspecified atom stereocenters. The Hall–Kier alpha value is -1.63. The Bertz CT molecular complexity index is 761. The summed E-state index contributed by atoms with van der Waals surface area (Å²) < 4.78 is 0. The first-order valence-corrected chi connectivity index (χ1v) is 8.46. The van der Waals surface area contributed by atoms with Crippen LogP contribution in [0.4, 0.5) is 11.4 Å². The van der Waals surface area contributed by atoms with Crippen LogP contribution in [-0.4, -0.2) is 12.4 Å². The first kappa shape index (κ1) is 21.4. The Balaban J connectivity index is 0.00000156. The molecule has 0 amide bonds. The Kier molecular flexibility index (Phi) is 9.49. The predicted molar refractivity (Wildman–Crippen MR) is 120 cm³/mol. The van der Waals surface area contributed by atoms with E-state index >= 15 is 0 Å². The van der Waals surface area contributed by atoms with Crippen molar-refractivity contribution in [2.45, 2.75) is 6.42 Å². The van der Waals surface area contributed by atoms with Gasteiger partial charge < -0.3 is 10.6 Å². The summed E-state index contributed by atoms with van der Waals surface area (Å²) in [6, 6.07) is 22.4. The standard InChI is InChI=1S/C19H19N3S.2BrH/c20-19(18-10-5-13-23-18)22-17-9-4-6-15(14-17)11-12-21-16-7-2-1-3-8-16;;/h1-10,13-14,21H,11-12H2,(H2,20,22);2*1H. The molecule has 1 heterocycles. The van der Waals surface area contributed by atoms with Gasteiger partial charge in [-0.05, 0) is 47.7 Å². The molecule has 0 aliphatic heterocycles. The highest BCUT2D eigenvalue weighted by Gasteiger charge is 2.03. The van der Waals surface area contributed by atoms with Crippen LogP contribution in [0.3, 0.4) is 0 Å². The highest BCUT2D eigenvalue weighted by atomic mass is 79.9. The molecule has 3 nitrogen and oxygen atoms in total. The smallest absolute Gasteiger partial charge is 0.140 e. The van der Waals surface area contributed by atoms with E-state index in [0.717, 1.165) is 29.2 Å². The molecule has 0 aliphatic carbocycles. The maximum absolute atomic E-state index is 8.09. The second-order valence-electron chi connectivity index (χ2n) is 5.22. The van der Waals surface area contributed by atoms with Gasteiger partial charge in [-0.2, -0.15) is 0 Å². The second-order valence-corrected chi connectivity index (χ2v) is 6.17. The number of hydrogen-bond acceptors (Lipinski definition) is 3. The van der Waals surface area contributed by atoms with Crippen molar-refractivity contribution >= 4 is 62.5 Å². The lowest BCUT2D eigenvalue weighted by Gasteiger charge is -2.09. The number of hydrogen-bond donors (Lipinski definition) is 3. The maximum atomic E-state index is 8.09. The molecule has 1 aromatic heterocycles. The molecule has 0 bridgehead atoms. The lowest BCUT2D eigenvalue weighted by Crippen LogP contribution is -2.10. The summed E-state index contributed by atoms with van der Waals surface area (Å²) in [4.78, 5) is 0.946. The van der Waals surface area contributed by atoms with Crippen molar-refractivity contribution in [2.75, 3.05) is 17.2 Å². The third-order valence-electron chi connectivity index (χ3n) is 3.48. The van der Waals surface area contributed by atoms with E-state index in [-0.39, 0.29) is 34.0 Å². The molecular weight excluding hydrogens is 462 g/mol. The largest absolute Gasteiger partial charge is 0.385 e. The monoisotopic (exact) mass is 481 g/mol. The minimum atomic E-state index is 0. The number of anilines is 2. The van der Waals surface area contributed by atoms with Gasteiger partial charge >= 0.3 is 0 Å². The minimum Gasteiger partial charge on any atom is -0.385 e. The van der Waals surface area contributed by atoms with Gasteiger partial charge in [-0.25, -0.2) is 0 Å². The Morgan fingerprint density at radius 2 is 1.64 bits per heavy atom. The molecule has 0 saturated carbocycles. The van der Waals surface area contributed by atoms with Crippen molar-refractivity contribution in [3.8, 4) is 0 Å². The molecule has 0 spiro atoms. The lowest BCUT2D eigenvalue weighted by molar-refractivity contribution is 1.02. The van der Waals surface area contributed by atoms with Crippen LogP contribution in [-0.2, 0) is 6.42 Å². The van der Waals surface area contributed by atoms with Crippen LogP contribution in [0.5, 0.6) is 0 Å². The Morgan fingerprint density at radius 3 is 2.36 bits per heavy atom. The fourth-order valence-electron chi connectivity index (χ4n) is 2.34. The average Bonchev–Trinajstić information content (AvgIpc) is 3.11. The highest BCUT2D eigenvalue weighted by Crippen LogP contribution is 2.15. The SMILES string of the molecule is Br.Br.N=C(Nc1cccc(CCNc2ccccc2)c1)c1cccs1. The van der Waals surface area contributed by atoms with Crippen LogP contribution in [0.15, 0.2) is 72.1 Å².